The SMILES string of the molecule is CC(N=[N+]=[N-])c1ccccc1C(=O)OC1C[C@H](n2cc(C#CCNC(=O)CCCCOC(=O)c3ccccc3C(C)SSCCN)c(N)nc2=O)O[C@@H]1COP(=O)(O)OP(=O)(O)OP(=O)(O)O. The summed E-state index contributed by atoms with van der Waals surface area (Å²) in [7, 11) is -14.0. The number of nitrogen functional groups attached to an aromatic ring is 1. The van der Waals surface area contributed by atoms with Crippen molar-refractivity contribution in [2.75, 3.05) is 37.8 Å². The molecule has 1 amide bonds. The smallest absolute Gasteiger partial charge is 0.462 e. The van der Waals surface area contributed by atoms with Crippen LogP contribution in [0, 0.1) is 11.8 Å². The van der Waals surface area contributed by atoms with Crippen molar-refractivity contribution in [2.45, 2.75) is 69.3 Å². The summed E-state index contributed by atoms with van der Waals surface area (Å²) in [5.74, 6) is 4.07. The molecule has 1 saturated heterocycles. The maximum atomic E-state index is 13.5. The molecule has 1 aliphatic rings. The van der Waals surface area contributed by atoms with Gasteiger partial charge in [-0.3, -0.25) is 13.9 Å². The summed E-state index contributed by atoms with van der Waals surface area (Å²) >= 11 is 0. The number of aromatic nitrogens is 2. The van der Waals surface area contributed by atoms with Gasteiger partial charge in [0.25, 0.3) is 0 Å². The predicted octanol–water partition coefficient (Wildman–Crippen LogP) is 4.95. The van der Waals surface area contributed by atoms with Crippen LogP contribution < -0.4 is 22.5 Å². The number of esters is 2. The molecule has 0 aliphatic carbocycles. The van der Waals surface area contributed by atoms with E-state index in [4.69, 9.17) is 45.5 Å². The number of azide groups is 1. The topological polar surface area (TPSA) is 386 Å². The van der Waals surface area contributed by atoms with E-state index in [2.05, 4.69) is 40.8 Å². The molecule has 0 saturated carbocycles. The van der Waals surface area contributed by atoms with Crippen molar-refractivity contribution >= 4 is 68.7 Å². The van der Waals surface area contributed by atoms with Crippen molar-refractivity contribution in [3.63, 3.8) is 0 Å². The fraction of sp³-hybridized carbons (Fsp3) is 0.432. The third kappa shape index (κ3) is 17.8. The monoisotopic (exact) mass is 1030 g/mol. The number of nitrogens with one attached hydrogen (secondary N) is 1. The van der Waals surface area contributed by atoms with Crippen LogP contribution in [0.4, 0.5) is 5.82 Å². The molecular formula is C37H47N8O17P3S2. The number of benzene rings is 2. The second kappa shape index (κ2) is 25.7. The summed E-state index contributed by atoms with van der Waals surface area (Å²) in [5.41, 5.74) is 21.0. The summed E-state index contributed by atoms with van der Waals surface area (Å²) in [5, 5.41) is 6.25. The Hall–Kier alpha value is -4.57. The number of phosphoric acid groups is 3. The molecule has 1 fully saturated rings. The zero-order chi connectivity index (χ0) is 49.4. The lowest BCUT2D eigenvalue weighted by atomic mass is 10.0. The van der Waals surface area contributed by atoms with Crippen molar-refractivity contribution in [3.8, 4) is 11.8 Å². The minimum absolute atomic E-state index is 0.00522. The molecule has 5 unspecified atom stereocenters. The van der Waals surface area contributed by atoms with Gasteiger partial charge in [-0.25, -0.2) is 28.1 Å². The van der Waals surface area contributed by atoms with E-state index < -0.39 is 72.2 Å². The number of carbonyl (C=O) groups is 3. The van der Waals surface area contributed by atoms with E-state index >= 15 is 0 Å². The van der Waals surface area contributed by atoms with Crippen LogP contribution in [0.3, 0.4) is 0 Å². The molecule has 0 bridgehead atoms. The third-order valence-corrected chi connectivity index (χ3v) is 15.7. The van der Waals surface area contributed by atoms with E-state index in [1.807, 2.05) is 19.1 Å². The van der Waals surface area contributed by atoms with E-state index in [1.54, 1.807) is 39.8 Å². The van der Waals surface area contributed by atoms with Crippen molar-refractivity contribution < 1.29 is 75.0 Å². The molecule has 3 aromatic rings. The predicted molar refractivity (Wildman–Crippen MR) is 242 cm³/mol. The van der Waals surface area contributed by atoms with Crippen molar-refractivity contribution in [1.82, 2.24) is 14.9 Å². The Bertz CT molecular complexity index is 2570. The zero-order valence-electron chi connectivity index (χ0n) is 35.6. The highest BCUT2D eigenvalue weighted by molar-refractivity contribution is 8.76. The van der Waals surface area contributed by atoms with Gasteiger partial charge in [0.15, 0.2) is 0 Å². The normalized spacial score (nSPS) is 18.5. The first-order valence-electron chi connectivity index (χ1n) is 19.8. The van der Waals surface area contributed by atoms with Crippen LogP contribution in [0.1, 0.15) is 94.5 Å². The highest BCUT2D eigenvalue weighted by Crippen LogP contribution is 2.66. The lowest BCUT2D eigenvalue weighted by Gasteiger charge is -2.21. The van der Waals surface area contributed by atoms with Gasteiger partial charge in [0.2, 0.25) is 5.91 Å². The highest BCUT2D eigenvalue weighted by Gasteiger charge is 2.44. The van der Waals surface area contributed by atoms with Crippen LogP contribution in [0.25, 0.3) is 10.4 Å². The molecule has 364 valence electrons. The molecule has 2 heterocycles. The molecule has 67 heavy (non-hydrogen) atoms. The van der Waals surface area contributed by atoms with Crippen LogP contribution in [0.5, 0.6) is 0 Å². The number of carbonyl (C=O) groups excluding carboxylic acids is 3. The zero-order valence-corrected chi connectivity index (χ0v) is 39.9. The molecule has 7 atom stereocenters. The quantitative estimate of drug-likeness (QED) is 0.00912. The van der Waals surface area contributed by atoms with Crippen LogP contribution in [-0.4, -0.2) is 91.2 Å². The standard InChI is InChI=1S/C37H47N8O17P3S2/c1-23(43-44-40)26-11-3-5-13-28(26)36(48)60-30-20-33(59-31(30)22-58-64(53,54)62-65(55,56)61-63(50,51)52)45-21-25(34(39)42-37(45)49)10-9-17-41-32(46)15-7-8-18-57-35(47)29-14-6-4-12-27(29)24(2)67-66-19-16-38/h3-6,11-14,21,23-24,30-31,33H,7-8,15-20,22,38H2,1-2H3,(H,41,46)(H,53,54)(H,55,56)(H2,39,42,49)(H2,50,51,52)/t23?,24?,30?,31-,33-/m1/s1. The number of hydrogen-bond acceptors (Lipinski definition) is 19. The van der Waals surface area contributed by atoms with Crippen molar-refractivity contribution in [3.05, 3.63) is 103 Å². The number of ether oxygens (including phenoxy) is 3. The Balaban J connectivity index is 1.40. The molecular weight excluding hydrogens is 986 g/mol. The Labute approximate surface area is 390 Å². The van der Waals surface area contributed by atoms with Gasteiger partial charge in [-0.15, -0.1) is 0 Å². The average molecular weight is 1030 g/mol. The van der Waals surface area contributed by atoms with E-state index in [9.17, 15) is 42.7 Å². The molecule has 4 rings (SSSR count). The van der Waals surface area contributed by atoms with Gasteiger partial charge in [0, 0.05) is 41.5 Å². The van der Waals surface area contributed by atoms with Gasteiger partial charge in [-0.2, -0.15) is 13.6 Å². The van der Waals surface area contributed by atoms with Crippen LogP contribution in [-0.2, 0) is 45.8 Å². The number of nitrogens with zero attached hydrogens (tertiary/aromatic N) is 5. The number of nitrogens with two attached hydrogens (primary N) is 2. The summed E-state index contributed by atoms with van der Waals surface area (Å²) in [4.78, 5) is 95.8. The summed E-state index contributed by atoms with van der Waals surface area (Å²) in [6, 6.07) is 12.3. The number of rotatable bonds is 24. The maximum Gasteiger partial charge on any atom is 0.490 e. The van der Waals surface area contributed by atoms with E-state index in [0.29, 0.717) is 24.9 Å². The van der Waals surface area contributed by atoms with Gasteiger partial charge >= 0.3 is 41.1 Å². The lowest BCUT2D eigenvalue weighted by molar-refractivity contribution is -0.121. The fourth-order valence-corrected chi connectivity index (χ4v) is 11.3. The molecule has 0 spiro atoms. The molecule has 2 aromatic carbocycles. The van der Waals surface area contributed by atoms with Crippen molar-refractivity contribution in [2.24, 2.45) is 10.8 Å². The Morgan fingerprint density at radius 1 is 1.03 bits per heavy atom. The van der Waals surface area contributed by atoms with Crippen molar-refractivity contribution in [1.29, 1.82) is 0 Å². The van der Waals surface area contributed by atoms with E-state index in [1.165, 1.54) is 25.1 Å². The number of unbranched alkanes of at least 4 members (excludes halogenated alkanes) is 1. The first-order valence-corrected chi connectivity index (χ1v) is 26.7. The largest absolute Gasteiger partial charge is 0.490 e. The summed E-state index contributed by atoms with van der Waals surface area (Å²) in [6.45, 7) is 2.94. The van der Waals surface area contributed by atoms with Crippen LogP contribution >= 0.6 is 45.1 Å². The second-order valence-electron chi connectivity index (χ2n) is 14.0. The van der Waals surface area contributed by atoms with E-state index in [0.717, 1.165) is 22.1 Å². The molecule has 1 aromatic heterocycles. The van der Waals surface area contributed by atoms with Gasteiger partial charge in [0.1, 0.15) is 24.3 Å². The first-order chi connectivity index (χ1) is 31.6. The van der Waals surface area contributed by atoms with Gasteiger partial charge in [-0.05, 0) is 48.6 Å². The Morgan fingerprint density at radius 3 is 2.37 bits per heavy atom. The molecule has 0 radical (unpaired) electrons. The lowest BCUT2D eigenvalue weighted by Crippen LogP contribution is -2.31. The third-order valence-electron chi connectivity index (χ3n) is 9.06. The van der Waals surface area contributed by atoms with E-state index in [-0.39, 0.29) is 59.7 Å². The van der Waals surface area contributed by atoms with Gasteiger partial charge in [-0.1, -0.05) is 81.9 Å². The van der Waals surface area contributed by atoms with Crippen LogP contribution in [0.2, 0.25) is 0 Å². The Morgan fingerprint density at radius 2 is 1.70 bits per heavy atom. The minimum Gasteiger partial charge on any atom is -0.462 e. The summed E-state index contributed by atoms with van der Waals surface area (Å²) < 4.78 is 65.7. The highest BCUT2D eigenvalue weighted by atomic mass is 33.1. The van der Waals surface area contributed by atoms with Crippen LogP contribution in [0.15, 0.2) is 64.6 Å². The molecule has 25 nitrogen and oxygen atoms in total. The Kier molecular flexibility index (Phi) is 21.1. The second-order valence-corrected chi connectivity index (χ2v) is 21.2. The number of anilines is 1. The number of phosphoric ester groups is 1. The first kappa shape index (κ1) is 55.0. The molecule has 9 N–H and O–H groups in total. The van der Waals surface area contributed by atoms with Gasteiger partial charge in [0.05, 0.1) is 42.5 Å². The molecule has 1 aliphatic heterocycles. The summed E-state index contributed by atoms with van der Waals surface area (Å²) in [6.07, 6.45) is -2.63. The number of amides is 1. The fourth-order valence-electron chi connectivity index (χ4n) is 6.08. The number of hydrogen-bond donors (Lipinski definition) is 7. The minimum atomic E-state index is -5.90. The average Bonchev–Trinajstić information content (AvgIpc) is 3.65. The molecule has 30 heteroatoms. The van der Waals surface area contributed by atoms with Gasteiger partial charge < -0.3 is 50.6 Å². The maximum absolute atomic E-state index is 13.5.